The fourth-order valence-corrected chi connectivity index (χ4v) is 9.17. The molecule has 0 bridgehead atoms. The van der Waals surface area contributed by atoms with Crippen molar-refractivity contribution in [2.45, 2.75) is 122 Å². The van der Waals surface area contributed by atoms with E-state index in [2.05, 4.69) is 0 Å². The van der Waals surface area contributed by atoms with Crippen LogP contribution < -0.4 is 0 Å². The molecule has 5 rings (SSSR count). The molecule has 11 heteroatoms. The molecule has 4 aliphatic carbocycles. The second kappa shape index (κ2) is 12.5. The summed E-state index contributed by atoms with van der Waals surface area (Å²) in [6.45, 7) is 10.4. The fraction of sp³-hybridized carbons (Fsp3) is 0.605. The van der Waals surface area contributed by atoms with Gasteiger partial charge in [-0.2, -0.15) is 13.2 Å². The zero-order valence-electron chi connectivity index (χ0n) is 28.9. The molecule has 1 aromatic carbocycles. The highest BCUT2D eigenvalue weighted by Gasteiger charge is 2.81. The number of Topliss-reactive ketones (excluding diaryl/α,β-unsaturated/α-hetero) is 1. The van der Waals surface area contributed by atoms with Gasteiger partial charge in [0.05, 0.1) is 11.0 Å². The summed E-state index contributed by atoms with van der Waals surface area (Å²) in [5.74, 6) is -2.51. The molecular weight excluding hydrogens is 641 g/mol. The van der Waals surface area contributed by atoms with Gasteiger partial charge in [0.25, 0.3) is 0 Å². The molecule has 268 valence electrons. The second-order valence-corrected chi connectivity index (χ2v) is 15.3. The lowest BCUT2D eigenvalue weighted by atomic mass is 9.42. The minimum absolute atomic E-state index is 0.00576. The van der Waals surface area contributed by atoms with Crippen LogP contribution in [-0.2, 0) is 30.0 Å². The summed E-state index contributed by atoms with van der Waals surface area (Å²) in [5, 5.41) is 37.1. The molecule has 0 saturated heterocycles. The van der Waals surface area contributed by atoms with E-state index in [0.717, 1.165) is 29.4 Å². The van der Waals surface area contributed by atoms with Crippen LogP contribution in [-0.4, -0.2) is 62.1 Å². The Labute approximate surface area is 285 Å². The van der Waals surface area contributed by atoms with Crippen molar-refractivity contribution >= 4 is 23.8 Å². The van der Waals surface area contributed by atoms with E-state index in [1.807, 2.05) is 26.8 Å². The Morgan fingerprint density at radius 2 is 1.69 bits per heavy atom. The topological polar surface area (TPSA) is 130 Å². The smallest absolute Gasteiger partial charge is 0.416 e. The Bertz CT molecular complexity index is 1610. The second-order valence-electron chi connectivity index (χ2n) is 15.3. The number of halogens is 3. The molecule has 0 heterocycles. The molecule has 0 aromatic heterocycles. The van der Waals surface area contributed by atoms with Crippen molar-refractivity contribution in [2.24, 2.45) is 22.7 Å². The van der Waals surface area contributed by atoms with Gasteiger partial charge in [0, 0.05) is 24.5 Å². The Morgan fingerprint density at radius 3 is 2.33 bits per heavy atom. The van der Waals surface area contributed by atoms with Crippen LogP contribution in [0.15, 0.2) is 53.6 Å². The van der Waals surface area contributed by atoms with Crippen molar-refractivity contribution in [3.63, 3.8) is 0 Å². The summed E-state index contributed by atoms with van der Waals surface area (Å²) in [7, 11) is 0. The molecule has 8 atom stereocenters. The van der Waals surface area contributed by atoms with Gasteiger partial charge >= 0.3 is 18.1 Å². The maximum absolute atomic E-state index is 13.3. The highest BCUT2D eigenvalue weighted by atomic mass is 19.4. The number of carbonyl (C=O) groups excluding carboxylic acids is 3. The normalized spacial score (nSPS) is 37.6. The van der Waals surface area contributed by atoms with Crippen LogP contribution in [0.25, 0.3) is 6.08 Å². The van der Waals surface area contributed by atoms with Crippen molar-refractivity contribution in [1.82, 2.24) is 0 Å². The number of hydrogen-bond donors (Lipinski definition) is 3. The largest absolute Gasteiger partial charge is 0.459 e. The van der Waals surface area contributed by atoms with Crippen LogP contribution in [0.3, 0.4) is 0 Å². The van der Waals surface area contributed by atoms with E-state index in [0.29, 0.717) is 19.3 Å². The highest BCUT2D eigenvalue weighted by Crippen LogP contribution is 2.71. The first kappa shape index (κ1) is 37.0. The van der Waals surface area contributed by atoms with Gasteiger partial charge in [-0.05, 0) is 94.4 Å². The number of rotatable bonds is 7. The van der Waals surface area contributed by atoms with E-state index in [1.165, 1.54) is 38.1 Å². The monoisotopic (exact) mass is 688 g/mol. The van der Waals surface area contributed by atoms with Crippen molar-refractivity contribution in [1.29, 1.82) is 0 Å². The molecule has 1 aromatic rings. The van der Waals surface area contributed by atoms with Crippen molar-refractivity contribution in [2.75, 3.05) is 0 Å². The Hall–Kier alpha value is -3.28. The number of hydrogen-bond acceptors (Lipinski definition) is 8. The third-order valence-electron chi connectivity index (χ3n) is 12.6. The molecule has 4 aliphatic rings. The van der Waals surface area contributed by atoms with Gasteiger partial charge in [0.15, 0.2) is 5.78 Å². The predicted octanol–water partition coefficient (Wildman–Crippen LogP) is 6.27. The summed E-state index contributed by atoms with van der Waals surface area (Å²) >= 11 is 0. The third kappa shape index (κ3) is 5.89. The Morgan fingerprint density at radius 1 is 1.00 bits per heavy atom. The van der Waals surface area contributed by atoms with Gasteiger partial charge in [0.2, 0.25) is 0 Å². The summed E-state index contributed by atoms with van der Waals surface area (Å²) < 4.78 is 51.0. The number of carbonyl (C=O) groups is 3. The van der Waals surface area contributed by atoms with Gasteiger partial charge in [-0.1, -0.05) is 50.1 Å². The van der Waals surface area contributed by atoms with Crippen LogP contribution in [0, 0.1) is 22.7 Å². The van der Waals surface area contributed by atoms with Crippen molar-refractivity contribution < 1.29 is 52.3 Å². The van der Waals surface area contributed by atoms with Crippen LogP contribution in [0.5, 0.6) is 0 Å². The molecule has 3 N–H and O–H groups in total. The van der Waals surface area contributed by atoms with Crippen LogP contribution in [0.2, 0.25) is 0 Å². The summed E-state index contributed by atoms with van der Waals surface area (Å²) in [6.07, 6.45) is 0.492. The highest BCUT2D eigenvalue weighted by molar-refractivity contribution is 5.88. The fourth-order valence-electron chi connectivity index (χ4n) is 9.17. The molecule has 0 amide bonds. The van der Waals surface area contributed by atoms with E-state index in [1.54, 1.807) is 6.92 Å². The lowest BCUT2D eigenvalue weighted by molar-refractivity contribution is -0.314. The first-order valence-corrected chi connectivity index (χ1v) is 16.9. The van der Waals surface area contributed by atoms with Gasteiger partial charge in [-0.25, -0.2) is 9.59 Å². The van der Waals surface area contributed by atoms with E-state index in [9.17, 15) is 42.9 Å². The number of fused-ring (bicyclic) bond motifs is 5. The number of ketones is 1. The number of aliphatic hydroxyl groups is 3. The summed E-state index contributed by atoms with van der Waals surface area (Å²) in [6, 6.07) is 4.61. The SMILES string of the molecule is CC(=O)[C@]1(O)CC[C@@]2(O)[C@]1(C)[C@H](OC(=O)/C=C(\C)C(C)C)CC1[C@@]3(C)CC[C@H](OC(=O)/C=C/c4cccc(C(F)(F)F)c4)CC3=CC[C@]12O. The molecule has 0 radical (unpaired) electrons. The molecule has 1 unspecified atom stereocenters. The minimum Gasteiger partial charge on any atom is -0.459 e. The molecule has 49 heavy (non-hydrogen) atoms. The maximum atomic E-state index is 13.3. The number of alkyl halides is 3. The number of benzene rings is 1. The summed E-state index contributed by atoms with van der Waals surface area (Å²) in [4.78, 5) is 39.0. The standard InChI is InChI=1S/C38H47F3O8/c1-22(2)23(3)18-32(44)49-30-21-29-33(5)14-13-28(48-31(43)11-10-25-8-7-9-27(19-25)38(39,40)41)20-26(33)12-15-36(29,46)37(47)17-16-35(45,24(4)42)34(30,37)6/h7-12,18-19,22,28-30,45-47H,13-17,20-21H2,1-6H3/b11-10+,23-18+/t28-,29?,30+,33-,34+,35+,36-,37+/m0/s1. The van der Waals surface area contributed by atoms with E-state index >= 15 is 0 Å². The maximum Gasteiger partial charge on any atom is 0.416 e. The molecule has 0 spiro atoms. The molecular formula is C38H47F3O8. The molecule has 3 fully saturated rings. The zero-order valence-corrected chi connectivity index (χ0v) is 28.9. The number of allylic oxidation sites excluding steroid dienone is 1. The van der Waals surface area contributed by atoms with Crippen LogP contribution >= 0.6 is 0 Å². The average molecular weight is 689 g/mol. The lowest BCUT2D eigenvalue weighted by Gasteiger charge is -2.67. The zero-order chi connectivity index (χ0) is 36.4. The van der Waals surface area contributed by atoms with Crippen molar-refractivity contribution in [3.8, 4) is 0 Å². The average Bonchev–Trinajstić information content (AvgIpc) is 3.25. The quantitative estimate of drug-likeness (QED) is 0.174. The first-order chi connectivity index (χ1) is 22.6. The van der Waals surface area contributed by atoms with Gasteiger partial charge in [-0.15, -0.1) is 0 Å². The first-order valence-electron chi connectivity index (χ1n) is 16.9. The number of ether oxygens (including phenoxy) is 2. The Kier molecular flexibility index (Phi) is 9.43. The lowest BCUT2D eigenvalue weighted by Crippen LogP contribution is -2.78. The number of esters is 2. The van der Waals surface area contributed by atoms with Gasteiger partial charge < -0.3 is 24.8 Å². The molecule has 3 saturated carbocycles. The molecule has 8 nitrogen and oxygen atoms in total. The van der Waals surface area contributed by atoms with Crippen LogP contribution in [0.1, 0.15) is 97.6 Å². The molecule has 0 aliphatic heterocycles. The van der Waals surface area contributed by atoms with Crippen molar-refractivity contribution in [3.05, 3.63) is 64.8 Å². The van der Waals surface area contributed by atoms with Crippen LogP contribution in [0.4, 0.5) is 13.2 Å². The predicted molar refractivity (Wildman–Crippen MR) is 174 cm³/mol. The third-order valence-corrected chi connectivity index (χ3v) is 12.6. The summed E-state index contributed by atoms with van der Waals surface area (Å²) in [5.41, 5.74) is -7.19. The van der Waals surface area contributed by atoms with E-state index in [-0.39, 0.29) is 37.2 Å². The minimum atomic E-state index is -4.51. The van der Waals surface area contributed by atoms with E-state index in [4.69, 9.17) is 9.47 Å². The van der Waals surface area contributed by atoms with Gasteiger partial charge in [-0.3, -0.25) is 4.79 Å². The van der Waals surface area contributed by atoms with E-state index < -0.39 is 75.2 Å². The van der Waals surface area contributed by atoms with Gasteiger partial charge in [0.1, 0.15) is 29.0 Å². The Balaban J connectivity index is 1.41.